The minimum atomic E-state index is -0.863. The molecular formula is C13H13N3O3. The number of aromatic amines is 1. The minimum absolute atomic E-state index is 0.0266. The molecule has 98 valence electrons. The van der Waals surface area contributed by atoms with Gasteiger partial charge in [-0.1, -0.05) is 6.07 Å². The third-order valence-corrected chi connectivity index (χ3v) is 3.39. The summed E-state index contributed by atoms with van der Waals surface area (Å²) in [6.07, 6.45) is 1.90. The van der Waals surface area contributed by atoms with Crippen LogP contribution in [0.1, 0.15) is 12.8 Å². The molecule has 3 rings (SSSR count). The molecule has 2 aromatic rings. The Morgan fingerprint density at radius 1 is 1.53 bits per heavy atom. The molecule has 1 aromatic heterocycles. The molecule has 0 radical (unpaired) electrons. The van der Waals surface area contributed by atoms with E-state index in [2.05, 4.69) is 9.97 Å². The van der Waals surface area contributed by atoms with E-state index in [1.807, 2.05) is 18.2 Å². The standard InChI is InChI=1S/C13H13N3O3/c17-11-4-8(5-12(18)19)6-16(11)10-3-1-2-9-13(10)15-7-14-9/h1-3,7-8H,4-6H2,(H,14,15)(H,18,19). The highest BCUT2D eigenvalue weighted by atomic mass is 16.4. The van der Waals surface area contributed by atoms with Crippen LogP contribution in [0.5, 0.6) is 0 Å². The van der Waals surface area contributed by atoms with E-state index in [0.717, 1.165) is 16.7 Å². The summed E-state index contributed by atoms with van der Waals surface area (Å²) in [4.78, 5) is 31.6. The molecule has 1 aliphatic heterocycles. The summed E-state index contributed by atoms with van der Waals surface area (Å²) in [5.41, 5.74) is 2.36. The van der Waals surface area contributed by atoms with Crippen molar-refractivity contribution in [1.82, 2.24) is 9.97 Å². The second-order valence-corrected chi connectivity index (χ2v) is 4.75. The molecular weight excluding hydrogens is 246 g/mol. The largest absolute Gasteiger partial charge is 0.481 e. The second-order valence-electron chi connectivity index (χ2n) is 4.75. The van der Waals surface area contributed by atoms with Crippen LogP contribution < -0.4 is 4.90 Å². The highest BCUT2D eigenvalue weighted by molar-refractivity contribution is 6.03. The maximum absolute atomic E-state index is 12.0. The number of carbonyl (C=O) groups excluding carboxylic acids is 1. The molecule has 1 saturated heterocycles. The van der Waals surface area contributed by atoms with Crippen molar-refractivity contribution in [3.63, 3.8) is 0 Å². The summed E-state index contributed by atoms with van der Waals surface area (Å²) in [5.74, 6) is -1.03. The molecule has 1 atom stereocenters. The van der Waals surface area contributed by atoms with Crippen LogP contribution in [-0.4, -0.2) is 33.5 Å². The number of aliphatic carboxylic acids is 1. The highest BCUT2D eigenvalue weighted by Crippen LogP contribution is 2.31. The number of H-pyrrole nitrogens is 1. The van der Waals surface area contributed by atoms with Crippen molar-refractivity contribution in [2.45, 2.75) is 12.8 Å². The molecule has 6 heteroatoms. The topological polar surface area (TPSA) is 86.3 Å². The average molecular weight is 259 g/mol. The first-order valence-electron chi connectivity index (χ1n) is 6.09. The number of nitrogens with zero attached hydrogens (tertiary/aromatic N) is 2. The van der Waals surface area contributed by atoms with Gasteiger partial charge >= 0.3 is 5.97 Å². The van der Waals surface area contributed by atoms with Gasteiger partial charge in [0, 0.05) is 13.0 Å². The molecule has 19 heavy (non-hydrogen) atoms. The average Bonchev–Trinajstić information content (AvgIpc) is 2.94. The van der Waals surface area contributed by atoms with E-state index < -0.39 is 5.97 Å². The first kappa shape index (κ1) is 11.7. The van der Waals surface area contributed by atoms with Gasteiger partial charge in [-0.3, -0.25) is 9.59 Å². The van der Waals surface area contributed by atoms with Gasteiger partial charge < -0.3 is 15.0 Å². The van der Waals surface area contributed by atoms with Crippen molar-refractivity contribution in [1.29, 1.82) is 0 Å². The highest BCUT2D eigenvalue weighted by Gasteiger charge is 2.32. The summed E-state index contributed by atoms with van der Waals surface area (Å²) in [6.45, 7) is 0.442. The summed E-state index contributed by atoms with van der Waals surface area (Å²) in [5, 5.41) is 8.81. The van der Waals surface area contributed by atoms with Crippen molar-refractivity contribution in [2.75, 3.05) is 11.4 Å². The zero-order chi connectivity index (χ0) is 13.4. The van der Waals surface area contributed by atoms with Crippen molar-refractivity contribution >= 4 is 28.6 Å². The van der Waals surface area contributed by atoms with Crippen LogP contribution in [0.3, 0.4) is 0 Å². The number of carboxylic acid groups (broad SMARTS) is 1. The predicted octanol–water partition coefficient (Wildman–Crippen LogP) is 1.39. The molecule has 0 bridgehead atoms. The molecule has 1 fully saturated rings. The fourth-order valence-corrected chi connectivity index (χ4v) is 2.57. The number of aromatic nitrogens is 2. The van der Waals surface area contributed by atoms with Crippen molar-refractivity contribution < 1.29 is 14.7 Å². The van der Waals surface area contributed by atoms with Crippen LogP contribution in [0.2, 0.25) is 0 Å². The van der Waals surface area contributed by atoms with Crippen LogP contribution in [0, 0.1) is 5.92 Å². The fraction of sp³-hybridized carbons (Fsp3) is 0.308. The van der Waals surface area contributed by atoms with Crippen LogP contribution in [0.15, 0.2) is 24.5 Å². The summed E-state index contributed by atoms with van der Waals surface area (Å²) in [6, 6.07) is 5.58. The van der Waals surface area contributed by atoms with Gasteiger partial charge in [-0.15, -0.1) is 0 Å². The van der Waals surface area contributed by atoms with Gasteiger partial charge in [0.15, 0.2) is 0 Å². The lowest BCUT2D eigenvalue weighted by molar-refractivity contribution is -0.137. The predicted molar refractivity (Wildman–Crippen MR) is 68.8 cm³/mol. The Balaban J connectivity index is 1.92. The first-order chi connectivity index (χ1) is 9.15. The van der Waals surface area contributed by atoms with E-state index in [-0.39, 0.29) is 24.7 Å². The Kier molecular flexibility index (Phi) is 2.70. The first-order valence-corrected chi connectivity index (χ1v) is 6.09. The number of benzene rings is 1. The normalized spacial score (nSPS) is 19.3. The number of nitrogens with one attached hydrogen (secondary N) is 1. The second kappa shape index (κ2) is 4.38. The van der Waals surface area contributed by atoms with Crippen molar-refractivity contribution in [2.24, 2.45) is 5.92 Å². The number of fused-ring (bicyclic) bond motifs is 1. The molecule has 0 aliphatic carbocycles. The minimum Gasteiger partial charge on any atom is -0.481 e. The Labute approximate surface area is 109 Å². The van der Waals surface area contributed by atoms with E-state index in [0.29, 0.717) is 6.54 Å². The van der Waals surface area contributed by atoms with Crippen LogP contribution in [0.4, 0.5) is 5.69 Å². The van der Waals surface area contributed by atoms with Gasteiger partial charge in [-0.2, -0.15) is 0 Å². The van der Waals surface area contributed by atoms with Gasteiger partial charge in [0.25, 0.3) is 0 Å². The number of para-hydroxylation sites is 1. The Hall–Kier alpha value is -2.37. The quantitative estimate of drug-likeness (QED) is 0.872. The lowest BCUT2D eigenvalue weighted by Gasteiger charge is -2.16. The number of anilines is 1. The van der Waals surface area contributed by atoms with Crippen LogP contribution in [-0.2, 0) is 9.59 Å². The van der Waals surface area contributed by atoms with E-state index in [1.165, 1.54) is 0 Å². The number of carbonyl (C=O) groups is 2. The Bertz CT molecular complexity index is 649. The molecule has 2 heterocycles. The van der Waals surface area contributed by atoms with Crippen LogP contribution >= 0.6 is 0 Å². The van der Waals surface area contributed by atoms with Gasteiger partial charge in [0.05, 0.1) is 24.0 Å². The third-order valence-electron chi connectivity index (χ3n) is 3.39. The Morgan fingerprint density at radius 3 is 3.16 bits per heavy atom. The lowest BCUT2D eigenvalue weighted by Crippen LogP contribution is -2.25. The fourth-order valence-electron chi connectivity index (χ4n) is 2.57. The van der Waals surface area contributed by atoms with Gasteiger partial charge in [-0.05, 0) is 18.1 Å². The number of hydrogen-bond donors (Lipinski definition) is 2. The lowest BCUT2D eigenvalue weighted by atomic mass is 10.1. The number of amides is 1. The summed E-state index contributed by atoms with van der Waals surface area (Å²) < 4.78 is 0. The summed E-state index contributed by atoms with van der Waals surface area (Å²) in [7, 11) is 0. The van der Waals surface area contributed by atoms with E-state index in [1.54, 1.807) is 11.2 Å². The maximum atomic E-state index is 12.0. The number of carboxylic acids is 1. The molecule has 1 unspecified atom stereocenters. The molecule has 6 nitrogen and oxygen atoms in total. The monoisotopic (exact) mass is 259 g/mol. The van der Waals surface area contributed by atoms with Gasteiger partial charge in [0.1, 0.15) is 5.52 Å². The zero-order valence-corrected chi connectivity index (χ0v) is 10.2. The SMILES string of the molecule is O=C(O)CC1CC(=O)N(c2cccc3[nH]cnc23)C1. The van der Waals surface area contributed by atoms with Gasteiger partial charge in [0.2, 0.25) is 5.91 Å². The van der Waals surface area contributed by atoms with E-state index in [9.17, 15) is 9.59 Å². The molecule has 0 spiro atoms. The number of rotatable bonds is 3. The molecule has 1 amide bonds. The third kappa shape index (κ3) is 2.05. The van der Waals surface area contributed by atoms with E-state index in [4.69, 9.17) is 5.11 Å². The zero-order valence-electron chi connectivity index (χ0n) is 10.2. The number of hydrogen-bond acceptors (Lipinski definition) is 3. The maximum Gasteiger partial charge on any atom is 0.303 e. The number of imidazole rings is 1. The smallest absolute Gasteiger partial charge is 0.303 e. The van der Waals surface area contributed by atoms with Gasteiger partial charge in [-0.25, -0.2) is 4.98 Å². The van der Waals surface area contributed by atoms with E-state index >= 15 is 0 Å². The Morgan fingerprint density at radius 2 is 2.37 bits per heavy atom. The van der Waals surface area contributed by atoms with Crippen molar-refractivity contribution in [3.8, 4) is 0 Å². The summed E-state index contributed by atoms with van der Waals surface area (Å²) >= 11 is 0. The molecule has 0 saturated carbocycles. The van der Waals surface area contributed by atoms with Crippen molar-refractivity contribution in [3.05, 3.63) is 24.5 Å². The molecule has 1 aromatic carbocycles. The van der Waals surface area contributed by atoms with Crippen LogP contribution in [0.25, 0.3) is 11.0 Å². The molecule has 1 aliphatic rings. The molecule has 2 N–H and O–H groups in total.